The molecule has 0 atom stereocenters. The SMILES string of the molecule is Cc1cccc(C(=O)NCC(=O)N/N=C\c2ccc(OCC(C)C)cc2)c1. The van der Waals surface area contributed by atoms with Crippen LogP contribution in [0, 0.1) is 12.8 Å². The van der Waals surface area contributed by atoms with Gasteiger partial charge in [0, 0.05) is 5.56 Å². The molecule has 0 unspecified atom stereocenters. The first-order valence-electron chi connectivity index (χ1n) is 8.83. The molecule has 2 aromatic carbocycles. The molecule has 0 radical (unpaired) electrons. The van der Waals surface area contributed by atoms with Crippen molar-refractivity contribution >= 4 is 18.0 Å². The smallest absolute Gasteiger partial charge is 0.259 e. The third-order valence-corrected chi connectivity index (χ3v) is 3.56. The normalized spacial score (nSPS) is 10.8. The molecule has 6 heteroatoms. The number of nitrogens with one attached hydrogen (secondary N) is 2. The molecule has 2 rings (SSSR count). The van der Waals surface area contributed by atoms with Crippen LogP contribution in [0.2, 0.25) is 0 Å². The molecular formula is C21H25N3O3. The molecule has 6 nitrogen and oxygen atoms in total. The number of hydrogen-bond acceptors (Lipinski definition) is 4. The lowest BCUT2D eigenvalue weighted by molar-refractivity contribution is -0.120. The van der Waals surface area contributed by atoms with Crippen LogP contribution in [0.25, 0.3) is 0 Å². The van der Waals surface area contributed by atoms with Crippen LogP contribution in [0.5, 0.6) is 5.75 Å². The van der Waals surface area contributed by atoms with E-state index in [-0.39, 0.29) is 12.5 Å². The second-order valence-corrected chi connectivity index (χ2v) is 6.62. The Balaban J connectivity index is 1.75. The lowest BCUT2D eigenvalue weighted by Crippen LogP contribution is -2.34. The molecule has 2 amide bonds. The second-order valence-electron chi connectivity index (χ2n) is 6.62. The van der Waals surface area contributed by atoms with Crippen molar-refractivity contribution in [3.8, 4) is 5.75 Å². The summed E-state index contributed by atoms with van der Waals surface area (Å²) in [5.74, 6) is 0.565. The number of ether oxygens (including phenoxy) is 1. The highest BCUT2D eigenvalue weighted by Gasteiger charge is 2.07. The van der Waals surface area contributed by atoms with E-state index in [2.05, 4.69) is 29.7 Å². The number of hydrazone groups is 1. The number of rotatable bonds is 8. The first-order valence-corrected chi connectivity index (χ1v) is 8.83. The molecule has 0 aliphatic carbocycles. The molecule has 0 heterocycles. The van der Waals surface area contributed by atoms with E-state index in [1.807, 2.05) is 37.3 Å². The van der Waals surface area contributed by atoms with Gasteiger partial charge in [0.05, 0.1) is 19.4 Å². The van der Waals surface area contributed by atoms with Gasteiger partial charge in [-0.3, -0.25) is 9.59 Å². The van der Waals surface area contributed by atoms with Crippen LogP contribution in [-0.2, 0) is 4.79 Å². The summed E-state index contributed by atoms with van der Waals surface area (Å²) in [5.41, 5.74) is 4.72. The Bertz CT molecular complexity index is 799. The number of benzene rings is 2. The molecule has 0 aromatic heterocycles. The number of nitrogens with zero attached hydrogens (tertiary/aromatic N) is 1. The van der Waals surface area contributed by atoms with E-state index >= 15 is 0 Å². The van der Waals surface area contributed by atoms with Crippen molar-refractivity contribution < 1.29 is 14.3 Å². The molecule has 0 aliphatic heterocycles. The summed E-state index contributed by atoms with van der Waals surface area (Å²) in [6, 6.07) is 14.6. The van der Waals surface area contributed by atoms with Crippen molar-refractivity contribution in [2.24, 2.45) is 11.0 Å². The van der Waals surface area contributed by atoms with Crippen LogP contribution in [0.3, 0.4) is 0 Å². The van der Waals surface area contributed by atoms with Crippen LogP contribution in [0.4, 0.5) is 0 Å². The summed E-state index contributed by atoms with van der Waals surface area (Å²) in [5, 5.41) is 6.46. The van der Waals surface area contributed by atoms with E-state index < -0.39 is 5.91 Å². The Morgan fingerprint density at radius 1 is 1.15 bits per heavy atom. The lowest BCUT2D eigenvalue weighted by atomic mass is 10.1. The maximum absolute atomic E-state index is 12.0. The summed E-state index contributed by atoms with van der Waals surface area (Å²) in [7, 11) is 0. The van der Waals surface area contributed by atoms with Crippen LogP contribution >= 0.6 is 0 Å². The van der Waals surface area contributed by atoms with Gasteiger partial charge in [-0.15, -0.1) is 0 Å². The largest absolute Gasteiger partial charge is 0.493 e. The van der Waals surface area contributed by atoms with Gasteiger partial charge in [-0.1, -0.05) is 31.5 Å². The zero-order chi connectivity index (χ0) is 19.6. The van der Waals surface area contributed by atoms with Crippen molar-refractivity contribution in [1.29, 1.82) is 0 Å². The zero-order valence-corrected chi connectivity index (χ0v) is 15.9. The Labute approximate surface area is 159 Å². The second kappa shape index (κ2) is 10.1. The number of carbonyl (C=O) groups is 2. The zero-order valence-electron chi connectivity index (χ0n) is 15.9. The van der Waals surface area contributed by atoms with Crippen LogP contribution < -0.4 is 15.5 Å². The number of carbonyl (C=O) groups excluding carboxylic acids is 2. The molecular weight excluding hydrogens is 342 g/mol. The van der Waals surface area contributed by atoms with Gasteiger partial charge < -0.3 is 10.1 Å². The van der Waals surface area contributed by atoms with Crippen LogP contribution in [0.15, 0.2) is 53.6 Å². The Morgan fingerprint density at radius 3 is 2.56 bits per heavy atom. The topological polar surface area (TPSA) is 79.8 Å². The Morgan fingerprint density at radius 2 is 1.89 bits per heavy atom. The van der Waals surface area contributed by atoms with Gasteiger partial charge in [0.2, 0.25) is 0 Å². The molecule has 27 heavy (non-hydrogen) atoms. The average Bonchev–Trinajstić information content (AvgIpc) is 2.65. The van der Waals surface area contributed by atoms with Gasteiger partial charge >= 0.3 is 0 Å². The third-order valence-electron chi connectivity index (χ3n) is 3.56. The predicted octanol–water partition coefficient (Wildman–Crippen LogP) is 2.91. The van der Waals surface area contributed by atoms with Crippen LogP contribution in [0.1, 0.15) is 35.3 Å². The fraction of sp³-hybridized carbons (Fsp3) is 0.286. The summed E-state index contributed by atoms with van der Waals surface area (Å²) in [6.07, 6.45) is 1.53. The lowest BCUT2D eigenvalue weighted by Gasteiger charge is -2.08. The standard InChI is InChI=1S/C21H25N3O3/c1-15(2)14-27-19-9-7-17(8-10-19)12-23-24-20(25)13-22-21(26)18-6-4-5-16(3)11-18/h4-12,15H,13-14H2,1-3H3,(H,22,26)(H,24,25)/b23-12-. The highest BCUT2D eigenvalue weighted by molar-refractivity contribution is 5.96. The van der Waals surface area contributed by atoms with Crippen molar-refractivity contribution in [3.63, 3.8) is 0 Å². The van der Waals surface area contributed by atoms with Crippen molar-refractivity contribution in [2.45, 2.75) is 20.8 Å². The summed E-state index contributed by atoms with van der Waals surface area (Å²) in [4.78, 5) is 23.8. The van der Waals surface area contributed by atoms with Gasteiger partial charge in [0.1, 0.15) is 5.75 Å². The average molecular weight is 367 g/mol. The highest BCUT2D eigenvalue weighted by Crippen LogP contribution is 2.12. The van der Waals surface area contributed by atoms with E-state index in [0.717, 1.165) is 16.9 Å². The Hall–Kier alpha value is -3.15. The van der Waals surface area contributed by atoms with Gasteiger partial charge in [-0.25, -0.2) is 5.43 Å². The third kappa shape index (κ3) is 7.32. The highest BCUT2D eigenvalue weighted by atomic mass is 16.5. The monoisotopic (exact) mass is 367 g/mol. The molecule has 0 aliphatic rings. The van der Waals surface area contributed by atoms with E-state index in [0.29, 0.717) is 18.1 Å². The summed E-state index contributed by atoms with van der Waals surface area (Å²) >= 11 is 0. The number of aryl methyl sites for hydroxylation is 1. The first-order chi connectivity index (χ1) is 12.9. The predicted molar refractivity (Wildman–Crippen MR) is 106 cm³/mol. The fourth-order valence-electron chi connectivity index (χ4n) is 2.18. The molecule has 0 saturated carbocycles. The van der Waals surface area contributed by atoms with Crippen LogP contribution in [-0.4, -0.2) is 31.2 Å². The molecule has 2 aromatic rings. The van der Waals surface area contributed by atoms with Crippen molar-refractivity contribution in [2.75, 3.05) is 13.2 Å². The fourth-order valence-corrected chi connectivity index (χ4v) is 2.18. The Kier molecular flexibility index (Phi) is 7.55. The van der Waals surface area contributed by atoms with Gasteiger partial charge in [-0.05, 0) is 54.8 Å². The molecule has 0 saturated heterocycles. The first kappa shape index (κ1) is 20.2. The minimum absolute atomic E-state index is 0.147. The van der Waals surface area contributed by atoms with Crippen molar-refractivity contribution in [3.05, 3.63) is 65.2 Å². The maximum atomic E-state index is 12.0. The minimum Gasteiger partial charge on any atom is -0.493 e. The van der Waals surface area contributed by atoms with Gasteiger partial charge in [0.25, 0.3) is 11.8 Å². The number of amides is 2. The van der Waals surface area contributed by atoms with E-state index in [9.17, 15) is 9.59 Å². The summed E-state index contributed by atoms with van der Waals surface area (Å²) in [6.45, 7) is 6.60. The molecule has 0 bridgehead atoms. The molecule has 0 fully saturated rings. The van der Waals surface area contributed by atoms with Gasteiger partial charge in [-0.2, -0.15) is 5.10 Å². The molecule has 142 valence electrons. The van der Waals surface area contributed by atoms with E-state index in [1.165, 1.54) is 6.21 Å². The minimum atomic E-state index is -0.399. The summed E-state index contributed by atoms with van der Waals surface area (Å²) < 4.78 is 5.61. The maximum Gasteiger partial charge on any atom is 0.259 e. The van der Waals surface area contributed by atoms with Crippen molar-refractivity contribution in [1.82, 2.24) is 10.7 Å². The van der Waals surface area contributed by atoms with E-state index in [4.69, 9.17) is 4.74 Å². The van der Waals surface area contributed by atoms with E-state index in [1.54, 1.807) is 18.2 Å². The number of hydrogen-bond donors (Lipinski definition) is 2. The molecule has 0 spiro atoms. The molecule has 2 N–H and O–H groups in total. The van der Waals surface area contributed by atoms with Gasteiger partial charge in [0.15, 0.2) is 0 Å². The quantitative estimate of drug-likeness (QED) is 0.556.